The molecule has 1 aliphatic heterocycles. The van der Waals surface area contributed by atoms with E-state index in [4.69, 9.17) is 4.74 Å². The number of guanidine groups is 1. The monoisotopic (exact) mass is 496 g/mol. The number of halogens is 1. The van der Waals surface area contributed by atoms with Crippen LogP contribution < -0.4 is 10.6 Å². The summed E-state index contributed by atoms with van der Waals surface area (Å²) in [6.07, 6.45) is 0.967. The van der Waals surface area contributed by atoms with Crippen molar-refractivity contribution in [3.05, 3.63) is 48.0 Å². The maximum Gasteiger partial charge on any atom is 0.191 e. The Labute approximate surface area is 185 Å². The van der Waals surface area contributed by atoms with E-state index < -0.39 is 0 Å². The average Bonchev–Trinajstić information content (AvgIpc) is 2.71. The number of morpholine rings is 1. The van der Waals surface area contributed by atoms with Gasteiger partial charge in [-0.3, -0.25) is 9.89 Å². The molecule has 2 N–H and O–H groups in total. The van der Waals surface area contributed by atoms with Crippen LogP contribution in [0.15, 0.2) is 47.5 Å². The third-order valence-corrected chi connectivity index (χ3v) is 5.35. The molecule has 1 aliphatic rings. The molecule has 154 valence electrons. The first-order valence-corrected chi connectivity index (χ1v) is 9.84. The van der Waals surface area contributed by atoms with E-state index in [1.54, 1.807) is 0 Å². The van der Waals surface area contributed by atoms with E-state index in [1.165, 1.54) is 16.3 Å². The van der Waals surface area contributed by atoms with Crippen molar-refractivity contribution in [1.82, 2.24) is 15.5 Å². The fraction of sp³-hybridized carbons (Fsp3) is 0.500. The van der Waals surface area contributed by atoms with Gasteiger partial charge in [0, 0.05) is 38.8 Å². The highest BCUT2D eigenvalue weighted by atomic mass is 127. The van der Waals surface area contributed by atoms with Crippen molar-refractivity contribution in [3.8, 4) is 0 Å². The van der Waals surface area contributed by atoms with Gasteiger partial charge in [-0.2, -0.15) is 0 Å². The van der Waals surface area contributed by atoms with E-state index in [1.807, 2.05) is 7.05 Å². The van der Waals surface area contributed by atoms with E-state index in [2.05, 4.69) is 76.8 Å². The Kier molecular flexibility index (Phi) is 8.98. The molecule has 0 unspecified atom stereocenters. The molecule has 3 rings (SSSR count). The van der Waals surface area contributed by atoms with E-state index in [9.17, 15) is 0 Å². The van der Waals surface area contributed by atoms with E-state index in [-0.39, 0.29) is 29.5 Å². The zero-order valence-electron chi connectivity index (χ0n) is 17.2. The average molecular weight is 496 g/mol. The van der Waals surface area contributed by atoms with Gasteiger partial charge in [0.05, 0.1) is 13.2 Å². The summed E-state index contributed by atoms with van der Waals surface area (Å²) >= 11 is 0. The van der Waals surface area contributed by atoms with Crippen LogP contribution in [0.5, 0.6) is 0 Å². The lowest BCUT2D eigenvalue weighted by Gasteiger charge is -2.41. The van der Waals surface area contributed by atoms with Crippen LogP contribution in [0.2, 0.25) is 0 Å². The van der Waals surface area contributed by atoms with Crippen molar-refractivity contribution in [1.29, 1.82) is 0 Å². The van der Waals surface area contributed by atoms with Gasteiger partial charge in [-0.15, -0.1) is 24.0 Å². The van der Waals surface area contributed by atoms with Gasteiger partial charge in [0.15, 0.2) is 5.96 Å². The Morgan fingerprint density at radius 1 is 1.07 bits per heavy atom. The second-order valence-electron chi connectivity index (χ2n) is 7.65. The molecule has 5 nitrogen and oxygen atoms in total. The summed E-state index contributed by atoms with van der Waals surface area (Å²) < 4.78 is 5.47. The van der Waals surface area contributed by atoms with Crippen molar-refractivity contribution in [2.75, 3.05) is 46.4 Å². The predicted molar refractivity (Wildman–Crippen MR) is 129 cm³/mol. The summed E-state index contributed by atoms with van der Waals surface area (Å²) in [6.45, 7) is 9.86. The van der Waals surface area contributed by atoms with Crippen molar-refractivity contribution in [2.24, 2.45) is 4.99 Å². The third-order valence-electron chi connectivity index (χ3n) is 5.35. The van der Waals surface area contributed by atoms with Crippen LogP contribution >= 0.6 is 24.0 Å². The van der Waals surface area contributed by atoms with Crippen LogP contribution in [0.4, 0.5) is 0 Å². The number of rotatable bonds is 6. The Balaban J connectivity index is 0.00000280. The van der Waals surface area contributed by atoms with Crippen molar-refractivity contribution >= 4 is 40.7 Å². The lowest BCUT2D eigenvalue weighted by molar-refractivity contribution is -0.00833. The zero-order chi connectivity index (χ0) is 19.1. The van der Waals surface area contributed by atoms with Gasteiger partial charge >= 0.3 is 0 Å². The highest BCUT2D eigenvalue weighted by molar-refractivity contribution is 14.0. The molecule has 0 amide bonds. The van der Waals surface area contributed by atoms with Crippen LogP contribution in [0.3, 0.4) is 0 Å². The van der Waals surface area contributed by atoms with E-state index in [0.717, 1.165) is 51.8 Å². The van der Waals surface area contributed by atoms with Crippen molar-refractivity contribution in [2.45, 2.75) is 25.8 Å². The van der Waals surface area contributed by atoms with Gasteiger partial charge in [0.2, 0.25) is 0 Å². The van der Waals surface area contributed by atoms with Crippen molar-refractivity contribution in [3.63, 3.8) is 0 Å². The first-order valence-electron chi connectivity index (χ1n) is 9.84. The SMILES string of the molecule is CN=C(NCCc1cccc2ccccc12)NCC(C)(C)N1CCOCC1.I. The molecule has 6 heteroatoms. The number of hydrogen-bond donors (Lipinski definition) is 2. The van der Waals surface area contributed by atoms with Crippen LogP contribution in [0.1, 0.15) is 19.4 Å². The number of nitrogens with one attached hydrogen (secondary N) is 2. The molecule has 0 atom stereocenters. The maximum absolute atomic E-state index is 5.47. The second-order valence-corrected chi connectivity index (χ2v) is 7.65. The molecule has 0 radical (unpaired) electrons. The Morgan fingerprint density at radius 2 is 1.79 bits per heavy atom. The number of hydrogen-bond acceptors (Lipinski definition) is 3. The molecule has 0 aliphatic carbocycles. The molecular weight excluding hydrogens is 463 g/mol. The minimum Gasteiger partial charge on any atom is -0.379 e. The molecule has 2 aromatic rings. The maximum atomic E-state index is 5.47. The molecule has 0 bridgehead atoms. The molecule has 0 spiro atoms. The van der Waals surface area contributed by atoms with Crippen LogP contribution in [0, 0.1) is 0 Å². The number of nitrogens with zero attached hydrogens (tertiary/aromatic N) is 2. The first-order chi connectivity index (χ1) is 13.1. The quantitative estimate of drug-likeness (QED) is 0.366. The fourth-order valence-electron chi connectivity index (χ4n) is 3.63. The fourth-order valence-corrected chi connectivity index (χ4v) is 3.63. The normalized spacial score (nSPS) is 15.9. The predicted octanol–water partition coefficient (Wildman–Crippen LogP) is 3.28. The Morgan fingerprint density at radius 3 is 2.54 bits per heavy atom. The molecule has 0 aromatic heterocycles. The largest absolute Gasteiger partial charge is 0.379 e. The lowest BCUT2D eigenvalue weighted by Crippen LogP contribution is -2.56. The summed E-state index contributed by atoms with van der Waals surface area (Å²) in [7, 11) is 1.83. The summed E-state index contributed by atoms with van der Waals surface area (Å²) in [5, 5.41) is 9.57. The summed E-state index contributed by atoms with van der Waals surface area (Å²) in [5.74, 6) is 0.858. The lowest BCUT2D eigenvalue weighted by atomic mass is 10.0. The summed E-state index contributed by atoms with van der Waals surface area (Å²) in [4.78, 5) is 6.86. The molecular formula is C22H33IN4O. The minimum absolute atomic E-state index is 0. The Hall–Kier alpha value is -1.38. The summed E-state index contributed by atoms with van der Waals surface area (Å²) in [5.41, 5.74) is 1.43. The molecule has 28 heavy (non-hydrogen) atoms. The van der Waals surface area contributed by atoms with Gasteiger partial charge in [0.25, 0.3) is 0 Å². The minimum atomic E-state index is 0. The van der Waals surface area contributed by atoms with Crippen LogP contribution in [-0.4, -0.2) is 62.8 Å². The molecule has 2 aromatic carbocycles. The van der Waals surface area contributed by atoms with E-state index >= 15 is 0 Å². The van der Waals surface area contributed by atoms with Crippen LogP contribution in [0.25, 0.3) is 10.8 Å². The highest BCUT2D eigenvalue weighted by Gasteiger charge is 2.28. The van der Waals surface area contributed by atoms with E-state index in [0.29, 0.717) is 0 Å². The number of fused-ring (bicyclic) bond motifs is 1. The van der Waals surface area contributed by atoms with Gasteiger partial charge in [-0.25, -0.2) is 0 Å². The number of ether oxygens (including phenoxy) is 1. The third kappa shape index (κ3) is 6.06. The topological polar surface area (TPSA) is 48.9 Å². The van der Waals surface area contributed by atoms with Gasteiger partial charge < -0.3 is 15.4 Å². The second kappa shape index (κ2) is 11.0. The number of benzene rings is 2. The van der Waals surface area contributed by atoms with Gasteiger partial charge in [-0.05, 0) is 36.6 Å². The molecule has 0 saturated carbocycles. The number of aliphatic imine (C=N–C) groups is 1. The zero-order valence-corrected chi connectivity index (χ0v) is 19.5. The van der Waals surface area contributed by atoms with Crippen LogP contribution in [-0.2, 0) is 11.2 Å². The smallest absolute Gasteiger partial charge is 0.191 e. The van der Waals surface area contributed by atoms with Crippen molar-refractivity contribution < 1.29 is 4.74 Å². The van der Waals surface area contributed by atoms with Gasteiger partial charge in [0.1, 0.15) is 0 Å². The van der Waals surface area contributed by atoms with Gasteiger partial charge in [-0.1, -0.05) is 42.5 Å². The first kappa shape index (κ1) is 22.9. The molecule has 1 heterocycles. The summed E-state index contributed by atoms with van der Waals surface area (Å²) in [6, 6.07) is 15.1. The standard InChI is InChI=1S/C22H32N4O.HI/c1-22(2,26-13-15-27-16-14-26)17-25-21(23-3)24-12-11-19-9-6-8-18-7-4-5-10-20(18)19;/h4-10H,11-17H2,1-3H3,(H2,23,24,25);1H. The molecule has 1 saturated heterocycles. The Bertz CT molecular complexity index is 767. The highest BCUT2D eigenvalue weighted by Crippen LogP contribution is 2.18. The molecule has 1 fully saturated rings.